The summed E-state index contributed by atoms with van der Waals surface area (Å²) in [4.78, 5) is 17.6. The first-order chi connectivity index (χ1) is 14.6. The van der Waals surface area contributed by atoms with Crippen LogP contribution in [0.4, 0.5) is 0 Å². The number of likely N-dealkylation sites (N-methyl/N-ethyl adjacent to an activating group) is 1. The van der Waals surface area contributed by atoms with E-state index in [1.165, 1.54) is 25.7 Å². The highest BCUT2D eigenvalue weighted by molar-refractivity contribution is 6.31. The Hall–Kier alpha value is -1.30. The molecule has 0 unspecified atom stereocenters. The summed E-state index contributed by atoms with van der Waals surface area (Å²) < 4.78 is 12.2. The highest BCUT2D eigenvalue weighted by Crippen LogP contribution is 2.30. The number of amides is 1. The van der Waals surface area contributed by atoms with Crippen LogP contribution in [0, 0.1) is 0 Å². The lowest BCUT2D eigenvalue weighted by Gasteiger charge is -2.36. The molecule has 2 aliphatic heterocycles. The lowest BCUT2D eigenvalue weighted by molar-refractivity contribution is -0.000329. The SMILES string of the molecule is CN(C[C@H]1CCCCO1)C(=O)c1cc(Cl)ccc1OC1CCN(C2CCCC2)CC1. The molecule has 6 heteroatoms. The fourth-order valence-corrected chi connectivity index (χ4v) is 5.30. The Bertz CT molecular complexity index is 708. The van der Waals surface area contributed by atoms with E-state index in [-0.39, 0.29) is 18.1 Å². The number of benzene rings is 1. The lowest BCUT2D eigenvalue weighted by atomic mass is 10.0. The zero-order chi connectivity index (χ0) is 20.9. The van der Waals surface area contributed by atoms with Gasteiger partial charge in [-0.25, -0.2) is 0 Å². The average molecular weight is 435 g/mol. The zero-order valence-corrected chi connectivity index (χ0v) is 18.9. The van der Waals surface area contributed by atoms with Crippen molar-refractivity contribution >= 4 is 17.5 Å². The van der Waals surface area contributed by atoms with E-state index in [9.17, 15) is 4.79 Å². The number of hydrogen-bond acceptors (Lipinski definition) is 4. The second-order valence-corrected chi connectivity index (χ2v) is 9.54. The second kappa shape index (κ2) is 10.3. The number of rotatable bonds is 6. The van der Waals surface area contributed by atoms with Crippen LogP contribution in [0.2, 0.25) is 5.02 Å². The number of likely N-dealkylation sites (tertiary alicyclic amines) is 1. The van der Waals surface area contributed by atoms with Crippen LogP contribution in [0.15, 0.2) is 18.2 Å². The first kappa shape index (κ1) is 21.9. The Morgan fingerprint density at radius 2 is 1.87 bits per heavy atom. The van der Waals surface area contributed by atoms with E-state index >= 15 is 0 Å². The summed E-state index contributed by atoms with van der Waals surface area (Å²) in [7, 11) is 1.84. The van der Waals surface area contributed by atoms with Crippen molar-refractivity contribution in [2.24, 2.45) is 0 Å². The first-order valence-electron chi connectivity index (χ1n) is 11.7. The summed E-state index contributed by atoms with van der Waals surface area (Å²) in [6.45, 7) is 3.57. The van der Waals surface area contributed by atoms with Crippen molar-refractivity contribution in [1.82, 2.24) is 9.80 Å². The van der Waals surface area contributed by atoms with Gasteiger partial charge in [0.05, 0.1) is 11.7 Å². The molecule has 1 amide bonds. The van der Waals surface area contributed by atoms with Crippen LogP contribution in [0.25, 0.3) is 0 Å². The molecule has 2 heterocycles. The van der Waals surface area contributed by atoms with Gasteiger partial charge in [0.25, 0.3) is 5.91 Å². The van der Waals surface area contributed by atoms with Gasteiger partial charge in [0, 0.05) is 44.4 Å². The Labute approximate surface area is 185 Å². The second-order valence-electron chi connectivity index (χ2n) is 9.11. The molecule has 4 rings (SSSR count). The molecule has 3 fully saturated rings. The van der Waals surface area contributed by atoms with Gasteiger partial charge in [0.1, 0.15) is 11.9 Å². The molecular formula is C24H35ClN2O3. The molecule has 3 aliphatic rings. The smallest absolute Gasteiger partial charge is 0.257 e. The highest BCUT2D eigenvalue weighted by atomic mass is 35.5. The van der Waals surface area contributed by atoms with Crippen LogP contribution < -0.4 is 4.74 Å². The van der Waals surface area contributed by atoms with Gasteiger partial charge in [-0.15, -0.1) is 0 Å². The van der Waals surface area contributed by atoms with Crippen molar-refractivity contribution in [3.63, 3.8) is 0 Å². The number of ether oxygens (including phenoxy) is 2. The summed E-state index contributed by atoms with van der Waals surface area (Å²) in [6.07, 6.45) is 11.0. The van der Waals surface area contributed by atoms with E-state index in [0.29, 0.717) is 22.9 Å². The first-order valence-corrected chi connectivity index (χ1v) is 12.1. The third kappa shape index (κ3) is 5.49. The van der Waals surface area contributed by atoms with Gasteiger partial charge in [-0.3, -0.25) is 4.79 Å². The van der Waals surface area contributed by atoms with Crippen LogP contribution in [-0.4, -0.2) is 67.2 Å². The van der Waals surface area contributed by atoms with Crippen LogP contribution in [0.5, 0.6) is 5.75 Å². The summed E-state index contributed by atoms with van der Waals surface area (Å²) in [5.41, 5.74) is 0.555. The molecule has 30 heavy (non-hydrogen) atoms. The van der Waals surface area contributed by atoms with Gasteiger partial charge in [-0.05, 0) is 63.1 Å². The van der Waals surface area contributed by atoms with Gasteiger partial charge in [0.2, 0.25) is 0 Å². The Kier molecular flexibility index (Phi) is 7.55. The van der Waals surface area contributed by atoms with Crippen molar-refractivity contribution < 1.29 is 14.3 Å². The van der Waals surface area contributed by atoms with Crippen LogP contribution >= 0.6 is 11.6 Å². The predicted molar refractivity (Wildman–Crippen MR) is 119 cm³/mol. The molecule has 1 atom stereocenters. The highest BCUT2D eigenvalue weighted by Gasteiger charge is 2.29. The molecule has 166 valence electrons. The molecule has 2 saturated heterocycles. The number of nitrogens with zero attached hydrogens (tertiary/aromatic N) is 2. The number of hydrogen-bond donors (Lipinski definition) is 0. The molecule has 1 aliphatic carbocycles. The largest absolute Gasteiger partial charge is 0.489 e. The van der Waals surface area contributed by atoms with Crippen molar-refractivity contribution in [3.05, 3.63) is 28.8 Å². The molecule has 5 nitrogen and oxygen atoms in total. The van der Waals surface area contributed by atoms with Crippen molar-refractivity contribution in [2.45, 2.75) is 76.0 Å². The third-order valence-corrected chi connectivity index (χ3v) is 7.12. The molecule has 0 spiro atoms. The quantitative estimate of drug-likeness (QED) is 0.646. The topological polar surface area (TPSA) is 42.0 Å². The van der Waals surface area contributed by atoms with Gasteiger partial charge in [0.15, 0.2) is 0 Å². The van der Waals surface area contributed by atoms with Crippen molar-refractivity contribution in [2.75, 3.05) is 33.3 Å². The number of carbonyl (C=O) groups is 1. The number of halogens is 1. The van der Waals surface area contributed by atoms with E-state index in [0.717, 1.165) is 57.8 Å². The minimum atomic E-state index is -0.0509. The Morgan fingerprint density at radius 1 is 1.13 bits per heavy atom. The number of piperidine rings is 1. The van der Waals surface area contributed by atoms with E-state index < -0.39 is 0 Å². The minimum absolute atomic E-state index is 0.0509. The fourth-order valence-electron chi connectivity index (χ4n) is 5.13. The van der Waals surface area contributed by atoms with Crippen LogP contribution in [-0.2, 0) is 4.74 Å². The van der Waals surface area contributed by atoms with Gasteiger partial charge in [-0.2, -0.15) is 0 Å². The summed E-state index contributed by atoms with van der Waals surface area (Å²) >= 11 is 6.23. The monoisotopic (exact) mass is 434 g/mol. The van der Waals surface area contributed by atoms with E-state index in [4.69, 9.17) is 21.1 Å². The zero-order valence-electron chi connectivity index (χ0n) is 18.2. The molecule has 0 radical (unpaired) electrons. The normalized spacial score (nSPS) is 24.1. The summed E-state index contributed by atoms with van der Waals surface area (Å²) in [5.74, 6) is 0.602. The van der Waals surface area contributed by atoms with Gasteiger partial charge >= 0.3 is 0 Å². The van der Waals surface area contributed by atoms with Crippen molar-refractivity contribution in [3.8, 4) is 5.75 Å². The minimum Gasteiger partial charge on any atom is -0.489 e. The standard InChI is InChI=1S/C24H35ClN2O3/c1-26(17-21-8-4-5-15-29-21)24(28)22-16-18(25)9-10-23(22)30-20-11-13-27(14-12-20)19-6-2-3-7-19/h9-10,16,19-21H,2-8,11-15,17H2,1H3/t21-/m1/s1. The van der Waals surface area contributed by atoms with Gasteiger partial charge < -0.3 is 19.3 Å². The van der Waals surface area contributed by atoms with Gasteiger partial charge in [-0.1, -0.05) is 24.4 Å². The van der Waals surface area contributed by atoms with Crippen molar-refractivity contribution in [1.29, 1.82) is 0 Å². The number of carbonyl (C=O) groups excluding carboxylic acids is 1. The van der Waals surface area contributed by atoms with E-state index in [2.05, 4.69) is 4.90 Å². The van der Waals surface area contributed by atoms with E-state index in [1.54, 1.807) is 11.0 Å². The lowest BCUT2D eigenvalue weighted by Crippen LogP contribution is -2.43. The summed E-state index contributed by atoms with van der Waals surface area (Å²) in [6, 6.07) is 6.18. The van der Waals surface area contributed by atoms with Crippen LogP contribution in [0.1, 0.15) is 68.1 Å². The summed E-state index contributed by atoms with van der Waals surface area (Å²) in [5, 5.41) is 0.559. The fraction of sp³-hybridized carbons (Fsp3) is 0.708. The maximum Gasteiger partial charge on any atom is 0.257 e. The molecule has 1 aromatic carbocycles. The Balaban J connectivity index is 1.37. The predicted octanol–water partition coefficient (Wildman–Crippen LogP) is 4.77. The molecule has 0 aromatic heterocycles. The Morgan fingerprint density at radius 3 is 2.57 bits per heavy atom. The molecule has 0 bridgehead atoms. The molecule has 1 saturated carbocycles. The molecule has 1 aromatic rings. The average Bonchev–Trinajstić information content (AvgIpc) is 3.30. The molecule has 0 N–H and O–H groups in total. The molecular weight excluding hydrogens is 400 g/mol. The maximum atomic E-state index is 13.2. The van der Waals surface area contributed by atoms with E-state index in [1.807, 2.05) is 19.2 Å². The van der Waals surface area contributed by atoms with Crippen LogP contribution in [0.3, 0.4) is 0 Å². The maximum absolute atomic E-state index is 13.2. The third-order valence-electron chi connectivity index (χ3n) is 6.88.